The number of amides is 2. The fourth-order valence-electron chi connectivity index (χ4n) is 1.72. The van der Waals surface area contributed by atoms with E-state index in [4.69, 9.17) is 10.2 Å². The first-order chi connectivity index (χ1) is 9.66. The van der Waals surface area contributed by atoms with Crippen LogP contribution in [-0.4, -0.2) is 43.5 Å². The number of carbonyl (C=O) groups is 2. The fraction of sp³-hybridized carbons (Fsp3) is 0.333. The van der Waals surface area contributed by atoms with E-state index in [2.05, 4.69) is 5.32 Å². The molecule has 0 fully saturated rings. The van der Waals surface area contributed by atoms with Crippen molar-refractivity contribution in [1.82, 2.24) is 4.90 Å². The predicted molar refractivity (Wildman–Crippen MR) is 76.3 cm³/mol. The van der Waals surface area contributed by atoms with Crippen molar-refractivity contribution < 1.29 is 23.1 Å². The summed E-state index contributed by atoms with van der Waals surface area (Å²) < 4.78 is 22.5. The van der Waals surface area contributed by atoms with Crippen LogP contribution in [-0.2, 0) is 14.8 Å². The van der Waals surface area contributed by atoms with Crippen LogP contribution in [0.15, 0.2) is 29.2 Å². The van der Waals surface area contributed by atoms with Crippen LogP contribution >= 0.6 is 0 Å². The van der Waals surface area contributed by atoms with Gasteiger partial charge in [0, 0.05) is 12.7 Å². The molecular weight excluding hydrogens is 298 g/mol. The molecule has 0 saturated heterocycles. The molecule has 8 nitrogen and oxygen atoms in total. The molecule has 116 valence electrons. The van der Waals surface area contributed by atoms with Gasteiger partial charge in [-0.2, -0.15) is 0 Å². The lowest BCUT2D eigenvalue weighted by Crippen LogP contribution is -2.44. The van der Waals surface area contributed by atoms with E-state index in [0.717, 1.165) is 4.90 Å². The third-order valence-electron chi connectivity index (χ3n) is 2.87. The Morgan fingerprint density at radius 2 is 2.05 bits per heavy atom. The molecule has 0 radical (unpaired) electrons. The van der Waals surface area contributed by atoms with Crippen molar-refractivity contribution in [2.24, 2.45) is 5.14 Å². The van der Waals surface area contributed by atoms with Crippen LogP contribution in [0, 0.1) is 0 Å². The molecule has 1 rings (SSSR count). The number of sulfonamides is 1. The smallest absolute Gasteiger partial charge is 0.326 e. The zero-order valence-corrected chi connectivity index (χ0v) is 12.4. The van der Waals surface area contributed by atoms with Gasteiger partial charge in [0.2, 0.25) is 10.0 Å². The van der Waals surface area contributed by atoms with Gasteiger partial charge in [0.25, 0.3) is 0 Å². The highest BCUT2D eigenvalue weighted by molar-refractivity contribution is 7.89. The van der Waals surface area contributed by atoms with Crippen LogP contribution in [0.4, 0.5) is 10.5 Å². The topological polar surface area (TPSA) is 130 Å². The monoisotopic (exact) mass is 315 g/mol. The number of nitrogens with zero attached hydrogens (tertiary/aromatic N) is 1. The van der Waals surface area contributed by atoms with Gasteiger partial charge in [-0.1, -0.05) is 13.0 Å². The lowest BCUT2D eigenvalue weighted by molar-refractivity contribution is -0.141. The molecule has 0 aliphatic rings. The predicted octanol–water partition coefficient (Wildman–Crippen LogP) is 0.661. The van der Waals surface area contributed by atoms with Crippen LogP contribution in [0.25, 0.3) is 0 Å². The minimum absolute atomic E-state index is 0.145. The van der Waals surface area contributed by atoms with E-state index in [1.165, 1.54) is 31.3 Å². The second-order valence-electron chi connectivity index (χ2n) is 4.38. The number of anilines is 1. The maximum atomic E-state index is 11.9. The van der Waals surface area contributed by atoms with Crippen LogP contribution < -0.4 is 10.5 Å². The number of hydrogen-bond acceptors (Lipinski definition) is 4. The molecule has 4 N–H and O–H groups in total. The van der Waals surface area contributed by atoms with E-state index in [0.29, 0.717) is 0 Å². The quantitative estimate of drug-likeness (QED) is 0.735. The van der Waals surface area contributed by atoms with Gasteiger partial charge < -0.3 is 15.3 Å². The summed E-state index contributed by atoms with van der Waals surface area (Å²) in [4.78, 5) is 23.8. The molecule has 0 saturated carbocycles. The zero-order chi connectivity index (χ0) is 16.2. The van der Waals surface area contributed by atoms with Crippen molar-refractivity contribution in [3.05, 3.63) is 24.3 Å². The minimum atomic E-state index is -3.87. The van der Waals surface area contributed by atoms with Crippen molar-refractivity contribution in [2.45, 2.75) is 24.3 Å². The number of nitrogens with two attached hydrogens (primary N) is 1. The number of primary sulfonamides is 1. The minimum Gasteiger partial charge on any atom is -0.480 e. The molecule has 1 aromatic carbocycles. The number of nitrogens with one attached hydrogen (secondary N) is 1. The highest BCUT2D eigenvalue weighted by Crippen LogP contribution is 2.15. The maximum absolute atomic E-state index is 11.9. The Morgan fingerprint density at radius 1 is 1.43 bits per heavy atom. The van der Waals surface area contributed by atoms with Crippen LogP contribution in [0.3, 0.4) is 0 Å². The van der Waals surface area contributed by atoms with Gasteiger partial charge in [0.15, 0.2) is 0 Å². The zero-order valence-electron chi connectivity index (χ0n) is 11.6. The number of carboxylic acids is 1. The van der Waals surface area contributed by atoms with Gasteiger partial charge in [-0.3, -0.25) is 0 Å². The Kier molecular flexibility index (Phi) is 5.28. The SMILES string of the molecule is CCC(C(=O)O)N(C)C(=O)Nc1cccc(S(N)(=O)=O)c1. The van der Waals surface area contributed by atoms with Gasteiger partial charge in [-0.05, 0) is 24.6 Å². The number of carboxylic acid groups (broad SMARTS) is 1. The van der Waals surface area contributed by atoms with Gasteiger partial charge in [-0.15, -0.1) is 0 Å². The van der Waals surface area contributed by atoms with Gasteiger partial charge in [0.05, 0.1) is 4.90 Å². The highest BCUT2D eigenvalue weighted by atomic mass is 32.2. The molecule has 0 spiro atoms. The molecule has 1 aromatic rings. The average molecular weight is 315 g/mol. The van der Waals surface area contributed by atoms with E-state index in [1.54, 1.807) is 6.92 Å². The molecule has 0 heterocycles. The lowest BCUT2D eigenvalue weighted by Gasteiger charge is -2.24. The van der Waals surface area contributed by atoms with E-state index in [-0.39, 0.29) is 17.0 Å². The molecule has 9 heteroatoms. The Labute approximate surface area is 122 Å². The van der Waals surface area contributed by atoms with Crippen molar-refractivity contribution in [2.75, 3.05) is 12.4 Å². The molecule has 0 aliphatic heterocycles. The normalized spacial score (nSPS) is 12.5. The number of rotatable bonds is 5. The molecule has 1 atom stereocenters. The van der Waals surface area contributed by atoms with Crippen LogP contribution in [0.2, 0.25) is 0 Å². The first-order valence-electron chi connectivity index (χ1n) is 6.06. The number of likely N-dealkylation sites (N-methyl/N-ethyl adjacent to an activating group) is 1. The summed E-state index contributed by atoms with van der Waals surface area (Å²) in [6, 6.07) is 3.76. The highest BCUT2D eigenvalue weighted by Gasteiger charge is 2.24. The molecule has 2 amide bonds. The largest absolute Gasteiger partial charge is 0.480 e. The molecule has 1 unspecified atom stereocenters. The van der Waals surface area contributed by atoms with Crippen molar-refractivity contribution in [3.63, 3.8) is 0 Å². The van der Waals surface area contributed by atoms with E-state index in [1.807, 2.05) is 0 Å². The molecule has 0 bridgehead atoms. The van der Waals surface area contributed by atoms with E-state index < -0.39 is 28.1 Å². The number of hydrogen-bond donors (Lipinski definition) is 3. The standard InChI is InChI=1S/C12H17N3O5S/c1-3-10(11(16)17)15(2)12(18)14-8-5-4-6-9(7-8)21(13,19)20/h4-7,10H,3H2,1-2H3,(H,14,18)(H,16,17)(H2,13,19,20). The Hall–Kier alpha value is -2.13. The van der Waals surface area contributed by atoms with E-state index >= 15 is 0 Å². The van der Waals surface area contributed by atoms with Crippen LogP contribution in [0.5, 0.6) is 0 Å². The second-order valence-corrected chi connectivity index (χ2v) is 5.94. The fourth-order valence-corrected chi connectivity index (χ4v) is 2.28. The summed E-state index contributed by atoms with van der Waals surface area (Å²) >= 11 is 0. The number of benzene rings is 1. The third kappa shape index (κ3) is 4.43. The van der Waals surface area contributed by atoms with Crippen molar-refractivity contribution in [1.29, 1.82) is 0 Å². The Bertz CT molecular complexity index is 644. The first kappa shape index (κ1) is 16.9. The summed E-state index contributed by atoms with van der Waals surface area (Å²) in [7, 11) is -2.53. The molecular formula is C12H17N3O5S. The number of urea groups is 1. The summed E-state index contributed by atoms with van der Waals surface area (Å²) in [6.07, 6.45) is 0.247. The van der Waals surface area contributed by atoms with Gasteiger partial charge >= 0.3 is 12.0 Å². The summed E-state index contributed by atoms with van der Waals surface area (Å²) in [5, 5.41) is 16.4. The third-order valence-corrected chi connectivity index (χ3v) is 3.78. The lowest BCUT2D eigenvalue weighted by atomic mass is 10.2. The van der Waals surface area contributed by atoms with Crippen molar-refractivity contribution in [3.8, 4) is 0 Å². The van der Waals surface area contributed by atoms with Gasteiger partial charge in [-0.25, -0.2) is 23.1 Å². The summed E-state index contributed by atoms with van der Waals surface area (Å²) in [6.45, 7) is 1.64. The van der Waals surface area contributed by atoms with Gasteiger partial charge in [0.1, 0.15) is 6.04 Å². The maximum Gasteiger partial charge on any atom is 0.326 e. The average Bonchev–Trinajstić information content (AvgIpc) is 2.38. The molecule has 21 heavy (non-hydrogen) atoms. The number of aliphatic carboxylic acids is 1. The molecule has 0 aliphatic carbocycles. The van der Waals surface area contributed by atoms with E-state index in [9.17, 15) is 18.0 Å². The summed E-state index contributed by atoms with van der Waals surface area (Å²) in [5.41, 5.74) is 0.207. The summed E-state index contributed by atoms with van der Waals surface area (Å²) in [5.74, 6) is -1.12. The second kappa shape index (κ2) is 6.55. The van der Waals surface area contributed by atoms with Crippen molar-refractivity contribution >= 4 is 27.7 Å². The van der Waals surface area contributed by atoms with Crippen LogP contribution in [0.1, 0.15) is 13.3 Å². The Balaban J connectivity index is 2.91. The Morgan fingerprint density at radius 3 is 2.52 bits per heavy atom. The number of carbonyl (C=O) groups excluding carboxylic acids is 1. The first-order valence-corrected chi connectivity index (χ1v) is 7.61. The molecule has 0 aromatic heterocycles.